The molecule has 0 aliphatic carbocycles. The summed E-state index contributed by atoms with van der Waals surface area (Å²) in [6.45, 7) is 3.34. The molecule has 1 atom stereocenters. The van der Waals surface area contributed by atoms with Crippen molar-refractivity contribution in [3.05, 3.63) is 65.5 Å². The number of esters is 1. The minimum absolute atomic E-state index is 0.0444. The number of halogens is 1. The molecule has 0 saturated heterocycles. The van der Waals surface area contributed by atoms with Crippen LogP contribution in [0.4, 0.5) is 14.9 Å². The maximum atomic E-state index is 12.9. The number of alkyl carbamates (subject to hydrolysis) is 1. The third kappa shape index (κ3) is 9.39. The molecule has 0 unspecified atom stereocenters. The summed E-state index contributed by atoms with van der Waals surface area (Å²) >= 11 is 0. The van der Waals surface area contributed by atoms with Gasteiger partial charge < -0.3 is 20.1 Å². The lowest BCUT2D eigenvalue weighted by atomic mass is 10.0. The van der Waals surface area contributed by atoms with Gasteiger partial charge in [0.25, 0.3) is 0 Å². The van der Waals surface area contributed by atoms with Crippen LogP contribution in [0.25, 0.3) is 0 Å². The number of carbonyl (C=O) groups is 3. The lowest BCUT2D eigenvalue weighted by Crippen LogP contribution is -2.43. The fraction of sp³-hybridized carbons (Fsp3) is 0.333. The summed E-state index contributed by atoms with van der Waals surface area (Å²) in [5, 5.41) is 13.7. The average Bonchev–Trinajstić information content (AvgIpc) is 2.77. The summed E-state index contributed by atoms with van der Waals surface area (Å²) in [4.78, 5) is 36.2. The van der Waals surface area contributed by atoms with Crippen molar-refractivity contribution in [3.8, 4) is 6.07 Å². The summed E-state index contributed by atoms with van der Waals surface area (Å²) in [5.74, 6) is -1.19. The van der Waals surface area contributed by atoms with E-state index in [1.54, 1.807) is 42.5 Å². The molecule has 0 spiro atoms. The average molecular weight is 455 g/mol. The summed E-state index contributed by atoms with van der Waals surface area (Å²) in [6.07, 6.45) is -0.336. The van der Waals surface area contributed by atoms with E-state index in [-0.39, 0.29) is 30.7 Å². The number of nitrogens with one attached hydrogen (secondary N) is 2. The van der Waals surface area contributed by atoms with Crippen LogP contribution in [0.1, 0.15) is 31.4 Å². The third-order valence-electron chi connectivity index (χ3n) is 4.45. The molecule has 0 heterocycles. The zero-order chi connectivity index (χ0) is 24.2. The molecule has 0 bridgehead atoms. The number of hydrogen-bond acceptors (Lipinski definition) is 6. The fourth-order valence-electron chi connectivity index (χ4n) is 2.90. The summed E-state index contributed by atoms with van der Waals surface area (Å²) in [7, 11) is 0. The van der Waals surface area contributed by atoms with Crippen molar-refractivity contribution in [2.24, 2.45) is 5.92 Å². The number of nitrogens with zero attached hydrogens (tertiary/aromatic N) is 1. The predicted octanol–water partition coefficient (Wildman–Crippen LogP) is 3.71. The Kier molecular flexibility index (Phi) is 9.83. The minimum Gasteiger partial charge on any atom is -0.449 e. The molecule has 2 aromatic rings. The van der Waals surface area contributed by atoms with E-state index >= 15 is 0 Å². The maximum absolute atomic E-state index is 12.9. The van der Waals surface area contributed by atoms with Crippen LogP contribution in [0, 0.1) is 23.1 Å². The molecule has 9 heteroatoms. The molecule has 0 radical (unpaired) electrons. The number of nitriles is 1. The number of rotatable bonds is 10. The largest absolute Gasteiger partial charge is 0.449 e. The zero-order valence-corrected chi connectivity index (χ0v) is 18.5. The van der Waals surface area contributed by atoms with Gasteiger partial charge in [-0.15, -0.1) is 0 Å². The van der Waals surface area contributed by atoms with Gasteiger partial charge in [-0.25, -0.2) is 14.0 Å². The molecule has 8 nitrogen and oxygen atoms in total. The van der Waals surface area contributed by atoms with Crippen LogP contribution in [-0.4, -0.2) is 30.6 Å². The second-order valence-corrected chi connectivity index (χ2v) is 7.72. The molecule has 2 amide bonds. The number of hydrogen-bond donors (Lipinski definition) is 2. The Morgan fingerprint density at radius 3 is 2.24 bits per heavy atom. The van der Waals surface area contributed by atoms with Gasteiger partial charge in [-0.2, -0.15) is 5.26 Å². The Labute approximate surface area is 191 Å². The molecule has 2 rings (SSSR count). The highest BCUT2D eigenvalue weighted by atomic mass is 19.1. The summed E-state index contributed by atoms with van der Waals surface area (Å²) in [6, 6.07) is 13.2. The van der Waals surface area contributed by atoms with E-state index in [1.165, 1.54) is 12.1 Å². The van der Waals surface area contributed by atoms with Crippen LogP contribution in [0.15, 0.2) is 48.5 Å². The summed E-state index contributed by atoms with van der Waals surface area (Å²) < 4.78 is 22.9. The van der Waals surface area contributed by atoms with Gasteiger partial charge in [-0.3, -0.25) is 4.79 Å². The van der Waals surface area contributed by atoms with Gasteiger partial charge in [0.2, 0.25) is 5.91 Å². The normalized spacial score (nSPS) is 11.2. The smallest absolute Gasteiger partial charge is 0.408 e. The van der Waals surface area contributed by atoms with Gasteiger partial charge in [-0.05, 0) is 47.7 Å². The van der Waals surface area contributed by atoms with E-state index in [1.807, 2.05) is 13.8 Å². The molecule has 2 N–H and O–H groups in total. The van der Waals surface area contributed by atoms with E-state index in [0.29, 0.717) is 23.2 Å². The first-order chi connectivity index (χ1) is 15.8. The minimum atomic E-state index is -0.912. The molecule has 0 fully saturated rings. The van der Waals surface area contributed by atoms with Gasteiger partial charge in [0.05, 0.1) is 6.42 Å². The highest BCUT2D eigenvalue weighted by molar-refractivity contribution is 5.92. The number of benzene rings is 2. The Balaban J connectivity index is 1.82. The molecule has 0 aliphatic heterocycles. The van der Waals surface area contributed by atoms with Crippen LogP contribution in [0.5, 0.6) is 0 Å². The molecule has 0 saturated carbocycles. The standard InChI is InChI=1S/C24H26FN3O5/c1-16(2)13-21(23(30)32-12-11-26)28-24(31)33-15-18-5-9-20(10-6-18)27-22(29)14-17-3-7-19(25)8-4-17/h3-10,16,21H,12-15H2,1-2H3,(H,27,29)(H,28,31)/t21-/m0/s1. The van der Waals surface area contributed by atoms with Gasteiger partial charge in [0, 0.05) is 5.69 Å². The van der Waals surface area contributed by atoms with Crippen molar-refractivity contribution in [2.75, 3.05) is 11.9 Å². The van der Waals surface area contributed by atoms with Crippen LogP contribution in [0.3, 0.4) is 0 Å². The van der Waals surface area contributed by atoms with Gasteiger partial charge in [0.1, 0.15) is 24.5 Å². The Morgan fingerprint density at radius 1 is 1.00 bits per heavy atom. The lowest BCUT2D eigenvalue weighted by molar-refractivity contribution is -0.145. The van der Waals surface area contributed by atoms with Gasteiger partial charge in [0.15, 0.2) is 6.61 Å². The van der Waals surface area contributed by atoms with Crippen molar-refractivity contribution in [3.63, 3.8) is 0 Å². The SMILES string of the molecule is CC(C)C[C@H](NC(=O)OCc1ccc(NC(=O)Cc2ccc(F)cc2)cc1)C(=O)OCC#N. The Bertz CT molecular complexity index is 985. The predicted molar refractivity (Wildman–Crippen MR) is 118 cm³/mol. The molecular weight excluding hydrogens is 429 g/mol. The van der Waals surface area contributed by atoms with Crippen molar-refractivity contribution >= 4 is 23.7 Å². The van der Waals surface area contributed by atoms with Crippen LogP contribution < -0.4 is 10.6 Å². The molecule has 0 aromatic heterocycles. The number of carbonyl (C=O) groups excluding carboxylic acids is 3. The fourth-order valence-corrected chi connectivity index (χ4v) is 2.90. The second-order valence-electron chi connectivity index (χ2n) is 7.72. The Morgan fingerprint density at radius 2 is 1.64 bits per heavy atom. The van der Waals surface area contributed by atoms with Crippen molar-refractivity contribution in [2.45, 2.75) is 39.3 Å². The van der Waals surface area contributed by atoms with E-state index in [0.717, 1.165) is 0 Å². The molecule has 33 heavy (non-hydrogen) atoms. The van der Waals surface area contributed by atoms with Crippen molar-refractivity contribution in [1.82, 2.24) is 5.32 Å². The number of anilines is 1. The second kappa shape index (κ2) is 12.8. The van der Waals surface area contributed by atoms with Crippen molar-refractivity contribution < 1.29 is 28.2 Å². The van der Waals surface area contributed by atoms with Gasteiger partial charge in [-0.1, -0.05) is 38.1 Å². The zero-order valence-electron chi connectivity index (χ0n) is 18.5. The van der Waals surface area contributed by atoms with Gasteiger partial charge >= 0.3 is 12.1 Å². The molecule has 0 aliphatic rings. The first-order valence-corrected chi connectivity index (χ1v) is 10.4. The maximum Gasteiger partial charge on any atom is 0.408 e. The quantitative estimate of drug-likeness (QED) is 0.528. The van der Waals surface area contributed by atoms with Crippen molar-refractivity contribution in [1.29, 1.82) is 5.26 Å². The van der Waals surface area contributed by atoms with E-state index < -0.39 is 24.7 Å². The highest BCUT2D eigenvalue weighted by Crippen LogP contribution is 2.12. The monoisotopic (exact) mass is 455 g/mol. The van der Waals surface area contributed by atoms with E-state index in [4.69, 9.17) is 14.7 Å². The molecular formula is C24H26FN3O5. The van der Waals surface area contributed by atoms with E-state index in [9.17, 15) is 18.8 Å². The number of amides is 2. The van der Waals surface area contributed by atoms with Crippen LogP contribution in [-0.2, 0) is 32.1 Å². The molecule has 174 valence electrons. The van der Waals surface area contributed by atoms with Crippen LogP contribution in [0.2, 0.25) is 0 Å². The first kappa shape index (κ1) is 25.3. The van der Waals surface area contributed by atoms with E-state index in [2.05, 4.69) is 10.6 Å². The first-order valence-electron chi connectivity index (χ1n) is 10.4. The summed E-state index contributed by atoms with van der Waals surface area (Å²) in [5.41, 5.74) is 1.93. The number of ether oxygens (including phenoxy) is 2. The highest BCUT2D eigenvalue weighted by Gasteiger charge is 2.24. The van der Waals surface area contributed by atoms with Crippen LogP contribution >= 0.6 is 0 Å². The topological polar surface area (TPSA) is 118 Å². The third-order valence-corrected chi connectivity index (χ3v) is 4.45. The molecule has 2 aromatic carbocycles. The lowest BCUT2D eigenvalue weighted by Gasteiger charge is -2.18. The Hall–Kier alpha value is -3.93.